The molecule has 2 aromatic rings. The SMILES string of the molecule is COC(=O)[C@H](CCSC)NC(=O)c1cccc2cc(NC[C@H](N)CS)ccc12. The van der Waals surface area contributed by atoms with Gasteiger partial charge in [0.25, 0.3) is 5.91 Å². The number of fused-ring (bicyclic) bond motifs is 1. The maximum absolute atomic E-state index is 12.8. The summed E-state index contributed by atoms with van der Waals surface area (Å²) in [5, 5.41) is 7.83. The van der Waals surface area contributed by atoms with Gasteiger partial charge in [-0.15, -0.1) is 0 Å². The number of carbonyl (C=O) groups is 2. The molecular weight excluding hydrogens is 394 g/mol. The van der Waals surface area contributed by atoms with E-state index >= 15 is 0 Å². The van der Waals surface area contributed by atoms with E-state index in [9.17, 15) is 9.59 Å². The number of ether oxygens (including phenoxy) is 1. The first-order valence-electron chi connectivity index (χ1n) is 9.00. The Morgan fingerprint density at radius 1 is 1.29 bits per heavy atom. The van der Waals surface area contributed by atoms with Crippen LogP contribution in [0.5, 0.6) is 0 Å². The minimum Gasteiger partial charge on any atom is -0.467 e. The van der Waals surface area contributed by atoms with Gasteiger partial charge in [-0.2, -0.15) is 24.4 Å². The zero-order chi connectivity index (χ0) is 20.5. The third-order valence-corrected chi connectivity index (χ3v) is 5.44. The number of thioether (sulfide) groups is 1. The Morgan fingerprint density at radius 2 is 2.07 bits per heavy atom. The van der Waals surface area contributed by atoms with Gasteiger partial charge >= 0.3 is 5.97 Å². The number of thiol groups is 1. The number of esters is 1. The van der Waals surface area contributed by atoms with Crippen molar-refractivity contribution in [2.45, 2.75) is 18.5 Å². The first-order valence-corrected chi connectivity index (χ1v) is 11.0. The number of amides is 1. The van der Waals surface area contributed by atoms with E-state index in [0.29, 0.717) is 24.3 Å². The second-order valence-electron chi connectivity index (χ2n) is 6.40. The van der Waals surface area contributed by atoms with E-state index < -0.39 is 12.0 Å². The lowest BCUT2D eigenvalue weighted by Gasteiger charge is -2.17. The highest BCUT2D eigenvalue weighted by Crippen LogP contribution is 2.23. The lowest BCUT2D eigenvalue weighted by Crippen LogP contribution is -2.42. The second-order valence-corrected chi connectivity index (χ2v) is 7.75. The van der Waals surface area contributed by atoms with Crippen molar-refractivity contribution in [1.82, 2.24) is 5.32 Å². The van der Waals surface area contributed by atoms with Gasteiger partial charge in [0, 0.05) is 29.6 Å². The Labute approximate surface area is 175 Å². The number of rotatable bonds is 10. The summed E-state index contributed by atoms with van der Waals surface area (Å²) in [5.74, 6) is 0.622. The third-order valence-electron chi connectivity index (χ3n) is 4.33. The summed E-state index contributed by atoms with van der Waals surface area (Å²) in [4.78, 5) is 24.8. The van der Waals surface area contributed by atoms with Crippen LogP contribution in [0.15, 0.2) is 36.4 Å². The van der Waals surface area contributed by atoms with Crippen LogP contribution in [0.1, 0.15) is 16.8 Å². The van der Waals surface area contributed by atoms with Crippen LogP contribution in [0.2, 0.25) is 0 Å². The van der Waals surface area contributed by atoms with E-state index in [1.165, 1.54) is 7.11 Å². The van der Waals surface area contributed by atoms with Crippen LogP contribution in [-0.4, -0.2) is 55.4 Å². The largest absolute Gasteiger partial charge is 0.467 e. The molecular formula is C20H27N3O3S2. The van der Waals surface area contributed by atoms with Gasteiger partial charge in [-0.25, -0.2) is 4.79 Å². The molecule has 0 aromatic heterocycles. The van der Waals surface area contributed by atoms with Gasteiger partial charge in [-0.3, -0.25) is 4.79 Å². The molecule has 2 atom stereocenters. The second kappa shape index (κ2) is 11.2. The predicted octanol–water partition coefficient (Wildman–Crippen LogP) is 2.53. The zero-order valence-corrected chi connectivity index (χ0v) is 17.8. The van der Waals surface area contributed by atoms with Crippen LogP contribution in [0.3, 0.4) is 0 Å². The first-order chi connectivity index (χ1) is 13.5. The summed E-state index contributed by atoms with van der Waals surface area (Å²) >= 11 is 5.80. The Hall–Kier alpha value is -1.90. The summed E-state index contributed by atoms with van der Waals surface area (Å²) < 4.78 is 4.82. The van der Waals surface area contributed by atoms with Crippen LogP contribution in [0.4, 0.5) is 5.69 Å². The molecule has 2 rings (SSSR count). The van der Waals surface area contributed by atoms with E-state index in [4.69, 9.17) is 10.5 Å². The van der Waals surface area contributed by atoms with Crippen molar-refractivity contribution in [3.63, 3.8) is 0 Å². The average molecular weight is 422 g/mol. The molecule has 0 aliphatic heterocycles. The highest BCUT2D eigenvalue weighted by molar-refractivity contribution is 7.98. The van der Waals surface area contributed by atoms with Gasteiger partial charge in [0.15, 0.2) is 0 Å². The van der Waals surface area contributed by atoms with E-state index in [1.54, 1.807) is 17.8 Å². The fourth-order valence-corrected chi connectivity index (χ4v) is 3.37. The number of hydrogen-bond donors (Lipinski definition) is 4. The molecule has 4 N–H and O–H groups in total. The molecule has 0 saturated heterocycles. The van der Waals surface area contributed by atoms with Gasteiger partial charge in [-0.05, 0) is 47.4 Å². The number of carbonyl (C=O) groups excluding carboxylic acids is 2. The van der Waals surface area contributed by atoms with Crippen LogP contribution in [0.25, 0.3) is 10.8 Å². The van der Waals surface area contributed by atoms with Crippen molar-refractivity contribution in [2.75, 3.05) is 36.7 Å². The molecule has 0 aliphatic carbocycles. The minimum atomic E-state index is -0.663. The fourth-order valence-electron chi connectivity index (χ4n) is 2.77. The normalized spacial score (nSPS) is 13.0. The quantitative estimate of drug-likeness (QED) is 0.348. The molecule has 0 aliphatic rings. The molecule has 0 spiro atoms. The fraction of sp³-hybridized carbons (Fsp3) is 0.400. The maximum atomic E-state index is 12.8. The third kappa shape index (κ3) is 6.05. The Morgan fingerprint density at radius 3 is 2.75 bits per heavy atom. The monoisotopic (exact) mass is 421 g/mol. The summed E-state index contributed by atoms with van der Waals surface area (Å²) in [6.07, 6.45) is 2.47. The van der Waals surface area contributed by atoms with Gasteiger partial charge in [0.05, 0.1) is 7.11 Å². The van der Waals surface area contributed by atoms with E-state index in [0.717, 1.165) is 22.2 Å². The van der Waals surface area contributed by atoms with Crippen LogP contribution in [-0.2, 0) is 9.53 Å². The van der Waals surface area contributed by atoms with Crippen LogP contribution >= 0.6 is 24.4 Å². The first kappa shape index (κ1) is 22.4. The van der Waals surface area contributed by atoms with E-state index in [1.807, 2.05) is 36.6 Å². The highest BCUT2D eigenvalue weighted by Gasteiger charge is 2.22. The lowest BCUT2D eigenvalue weighted by atomic mass is 10.0. The molecule has 0 radical (unpaired) electrons. The molecule has 2 aromatic carbocycles. The molecule has 0 saturated carbocycles. The van der Waals surface area contributed by atoms with Gasteiger partial charge < -0.3 is 21.1 Å². The van der Waals surface area contributed by atoms with Crippen LogP contribution < -0.4 is 16.4 Å². The lowest BCUT2D eigenvalue weighted by molar-refractivity contribution is -0.142. The van der Waals surface area contributed by atoms with E-state index in [2.05, 4.69) is 23.3 Å². The van der Waals surface area contributed by atoms with Crippen molar-refractivity contribution in [2.24, 2.45) is 5.73 Å². The van der Waals surface area contributed by atoms with Gasteiger partial charge in [0.1, 0.15) is 6.04 Å². The number of nitrogens with one attached hydrogen (secondary N) is 2. The minimum absolute atomic E-state index is 0.0346. The van der Waals surface area contributed by atoms with E-state index in [-0.39, 0.29) is 11.9 Å². The molecule has 0 unspecified atom stereocenters. The number of methoxy groups -OCH3 is 1. The summed E-state index contributed by atoms with van der Waals surface area (Å²) in [7, 11) is 1.33. The number of benzene rings is 2. The molecule has 6 nitrogen and oxygen atoms in total. The zero-order valence-electron chi connectivity index (χ0n) is 16.1. The molecule has 0 fully saturated rings. The number of hydrogen-bond acceptors (Lipinski definition) is 7. The van der Waals surface area contributed by atoms with Crippen molar-refractivity contribution in [1.29, 1.82) is 0 Å². The molecule has 152 valence electrons. The summed E-state index contributed by atoms with van der Waals surface area (Å²) in [6.45, 7) is 0.617. The summed E-state index contributed by atoms with van der Waals surface area (Å²) in [5.41, 5.74) is 7.33. The highest BCUT2D eigenvalue weighted by atomic mass is 32.2. The maximum Gasteiger partial charge on any atom is 0.328 e. The molecule has 0 bridgehead atoms. The topological polar surface area (TPSA) is 93.4 Å². The van der Waals surface area contributed by atoms with Gasteiger partial charge in [-0.1, -0.05) is 18.2 Å². The smallest absolute Gasteiger partial charge is 0.328 e. The molecule has 8 heteroatoms. The predicted molar refractivity (Wildman–Crippen MR) is 121 cm³/mol. The van der Waals surface area contributed by atoms with Crippen molar-refractivity contribution in [3.05, 3.63) is 42.0 Å². The van der Waals surface area contributed by atoms with Crippen molar-refractivity contribution < 1.29 is 14.3 Å². The Bertz CT molecular complexity index is 816. The summed E-state index contributed by atoms with van der Waals surface area (Å²) in [6, 6.07) is 10.6. The Balaban J connectivity index is 2.21. The molecule has 0 heterocycles. The van der Waals surface area contributed by atoms with Crippen molar-refractivity contribution in [3.8, 4) is 0 Å². The molecule has 28 heavy (non-hydrogen) atoms. The Kier molecular flexibility index (Phi) is 8.95. The average Bonchev–Trinajstić information content (AvgIpc) is 2.73. The van der Waals surface area contributed by atoms with Gasteiger partial charge in [0.2, 0.25) is 0 Å². The van der Waals surface area contributed by atoms with Crippen LogP contribution in [0, 0.1) is 0 Å². The number of nitrogens with two attached hydrogens (primary N) is 1. The standard InChI is InChI=1S/C20H27N3O3S2/c1-26-20(25)18(8-9-28-2)23-19(24)17-5-3-4-13-10-15(6-7-16(13)17)22-11-14(21)12-27/h3-7,10,14,18,22,27H,8-9,11-12,21H2,1-2H3,(H,23,24)/t14-,18-/m0/s1. The molecule has 1 amide bonds. The van der Waals surface area contributed by atoms with Crippen molar-refractivity contribution >= 4 is 52.7 Å². The number of anilines is 1.